The largest absolute Gasteiger partial charge is 0.399 e. The fourth-order valence-corrected chi connectivity index (χ4v) is 1.79. The molecule has 3 N–H and O–H groups in total. The number of carbonyl (C=O) groups is 1. The van der Waals surface area contributed by atoms with E-state index in [4.69, 9.17) is 5.73 Å². The number of hydrogen-bond acceptors (Lipinski definition) is 3. The van der Waals surface area contributed by atoms with Crippen LogP contribution >= 0.6 is 0 Å². The Morgan fingerprint density at radius 3 is 2.89 bits per heavy atom. The lowest BCUT2D eigenvalue weighted by Crippen LogP contribution is -2.18. The summed E-state index contributed by atoms with van der Waals surface area (Å²) in [5.41, 5.74) is 7.14. The number of amides is 1. The molecular weight excluding hydrogens is 247 g/mol. The van der Waals surface area contributed by atoms with Crippen molar-refractivity contribution in [2.75, 3.05) is 11.1 Å². The minimum Gasteiger partial charge on any atom is -0.399 e. The van der Waals surface area contributed by atoms with Gasteiger partial charge in [0.25, 0.3) is 5.91 Å². The third-order valence-corrected chi connectivity index (χ3v) is 2.67. The van der Waals surface area contributed by atoms with Gasteiger partial charge in [0.1, 0.15) is 11.5 Å². The van der Waals surface area contributed by atoms with Crippen LogP contribution in [0.15, 0.2) is 24.3 Å². The van der Waals surface area contributed by atoms with Gasteiger partial charge in [-0.15, -0.1) is 0 Å². The van der Waals surface area contributed by atoms with Gasteiger partial charge in [-0.2, -0.15) is 5.10 Å². The van der Waals surface area contributed by atoms with Gasteiger partial charge in [0.2, 0.25) is 0 Å². The maximum Gasteiger partial charge on any atom is 0.274 e. The van der Waals surface area contributed by atoms with E-state index in [1.54, 1.807) is 17.7 Å². The second-order valence-corrected chi connectivity index (χ2v) is 4.18. The molecule has 19 heavy (non-hydrogen) atoms. The van der Waals surface area contributed by atoms with Crippen LogP contribution in [0.1, 0.15) is 23.1 Å². The predicted octanol–water partition coefficient (Wildman–Crippen LogP) is 2.19. The molecule has 0 spiro atoms. The molecule has 5 nitrogen and oxygen atoms in total. The number of aryl methyl sites for hydroxylation is 2. The van der Waals surface area contributed by atoms with Gasteiger partial charge in [0.15, 0.2) is 0 Å². The first-order chi connectivity index (χ1) is 9.01. The molecule has 0 bridgehead atoms. The lowest BCUT2D eigenvalue weighted by atomic mass is 10.2. The van der Waals surface area contributed by atoms with Crippen molar-refractivity contribution in [3.63, 3.8) is 0 Å². The molecule has 1 heterocycles. The van der Waals surface area contributed by atoms with Crippen LogP contribution < -0.4 is 11.1 Å². The quantitative estimate of drug-likeness (QED) is 0.833. The van der Waals surface area contributed by atoms with E-state index in [0.717, 1.165) is 5.69 Å². The molecule has 1 aromatic heterocycles. The number of nitrogens with zero attached hydrogens (tertiary/aromatic N) is 2. The molecule has 0 saturated heterocycles. The van der Waals surface area contributed by atoms with Gasteiger partial charge < -0.3 is 11.1 Å². The lowest BCUT2D eigenvalue weighted by molar-refractivity contribution is 0.101. The molecule has 0 aliphatic rings. The van der Waals surface area contributed by atoms with E-state index >= 15 is 0 Å². The summed E-state index contributed by atoms with van der Waals surface area (Å²) in [5.74, 6) is -0.936. The lowest BCUT2D eigenvalue weighted by Gasteiger charge is -2.08. The molecule has 6 heteroatoms. The Hall–Kier alpha value is -2.37. The smallest absolute Gasteiger partial charge is 0.274 e. The average molecular weight is 262 g/mol. The zero-order valence-electron chi connectivity index (χ0n) is 10.8. The number of nitrogens with two attached hydrogens (primary N) is 1. The van der Waals surface area contributed by atoms with E-state index in [1.807, 2.05) is 6.92 Å². The number of carbonyl (C=O) groups excluding carboxylic acids is 1. The third kappa shape index (κ3) is 2.73. The molecule has 0 atom stereocenters. The summed E-state index contributed by atoms with van der Waals surface area (Å²) in [4.78, 5) is 12.1. The SMILES string of the molecule is CCn1nc(C)cc1C(=O)Nc1cc(N)ccc1F. The highest BCUT2D eigenvalue weighted by atomic mass is 19.1. The van der Waals surface area contributed by atoms with Crippen LogP contribution in [0.4, 0.5) is 15.8 Å². The van der Waals surface area contributed by atoms with Crippen molar-refractivity contribution in [1.82, 2.24) is 9.78 Å². The Morgan fingerprint density at radius 2 is 2.21 bits per heavy atom. The average Bonchev–Trinajstić information content (AvgIpc) is 2.75. The Balaban J connectivity index is 2.27. The van der Waals surface area contributed by atoms with Crippen LogP contribution in [0.25, 0.3) is 0 Å². The summed E-state index contributed by atoms with van der Waals surface area (Å²) < 4.78 is 15.1. The molecule has 0 aliphatic carbocycles. The highest BCUT2D eigenvalue weighted by molar-refractivity contribution is 6.03. The van der Waals surface area contributed by atoms with Gasteiger partial charge in [-0.3, -0.25) is 9.48 Å². The Labute approximate surface area is 110 Å². The van der Waals surface area contributed by atoms with Crippen molar-refractivity contribution in [3.05, 3.63) is 41.5 Å². The van der Waals surface area contributed by atoms with Crippen molar-refractivity contribution < 1.29 is 9.18 Å². The second kappa shape index (κ2) is 5.09. The molecule has 2 aromatic rings. The zero-order valence-corrected chi connectivity index (χ0v) is 10.8. The van der Waals surface area contributed by atoms with Crippen LogP contribution in [0.2, 0.25) is 0 Å². The van der Waals surface area contributed by atoms with Crippen molar-refractivity contribution >= 4 is 17.3 Å². The molecule has 1 aromatic carbocycles. The highest BCUT2D eigenvalue weighted by Crippen LogP contribution is 2.18. The van der Waals surface area contributed by atoms with Gasteiger partial charge in [-0.25, -0.2) is 4.39 Å². The van der Waals surface area contributed by atoms with Gasteiger partial charge in [0.05, 0.1) is 11.4 Å². The fourth-order valence-electron chi connectivity index (χ4n) is 1.79. The maximum atomic E-state index is 13.5. The normalized spacial score (nSPS) is 10.5. The van der Waals surface area contributed by atoms with Crippen molar-refractivity contribution in [3.8, 4) is 0 Å². The second-order valence-electron chi connectivity index (χ2n) is 4.18. The molecule has 0 radical (unpaired) electrons. The third-order valence-electron chi connectivity index (χ3n) is 2.67. The van der Waals surface area contributed by atoms with Crippen LogP contribution in [0.3, 0.4) is 0 Å². The zero-order chi connectivity index (χ0) is 14.0. The van der Waals surface area contributed by atoms with Crippen LogP contribution in [-0.2, 0) is 6.54 Å². The van der Waals surface area contributed by atoms with E-state index in [9.17, 15) is 9.18 Å². The molecule has 0 fully saturated rings. The highest BCUT2D eigenvalue weighted by Gasteiger charge is 2.15. The fraction of sp³-hybridized carbons (Fsp3) is 0.231. The number of hydrogen-bond donors (Lipinski definition) is 2. The molecule has 2 rings (SSSR count). The summed E-state index contributed by atoms with van der Waals surface area (Å²) in [6, 6.07) is 5.69. The first-order valence-corrected chi connectivity index (χ1v) is 5.92. The maximum absolute atomic E-state index is 13.5. The van der Waals surface area contributed by atoms with Gasteiger partial charge in [-0.05, 0) is 38.1 Å². The van der Waals surface area contributed by atoms with Crippen molar-refractivity contribution in [2.45, 2.75) is 20.4 Å². The number of nitrogen functional groups attached to an aromatic ring is 1. The van der Waals surface area contributed by atoms with E-state index in [2.05, 4.69) is 10.4 Å². The number of benzene rings is 1. The van der Waals surface area contributed by atoms with Crippen molar-refractivity contribution in [2.24, 2.45) is 0 Å². The van der Waals surface area contributed by atoms with Crippen LogP contribution in [0, 0.1) is 12.7 Å². The number of rotatable bonds is 3. The first kappa shape index (κ1) is 13.1. The van der Waals surface area contributed by atoms with E-state index in [0.29, 0.717) is 17.9 Å². The van der Waals surface area contributed by atoms with E-state index < -0.39 is 11.7 Å². The molecular formula is C13H15FN4O. The Kier molecular flexibility index (Phi) is 3.50. The van der Waals surface area contributed by atoms with Crippen LogP contribution in [0.5, 0.6) is 0 Å². The van der Waals surface area contributed by atoms with Gasteiger partial charge in [0, 0.05) is 12.2 Å². The standard InChI is InChI=1S/C13H15FN4O/c1-3-18-12(6-8(2)17-18)13(19)16-11-7-9(15)4-5-10(11)14/h4-7H,3,15H2,1-2H3,(H,16,19). The number of halogens is 1. The summed E-state index contributed by atoms with van der Waals surface area (Å²) >= 11 is 0. The van der Waals surface area contributed by atoms with Crippen molar-refractivity contribution in [1.29, 1.82) is 0 Å². The summed E-state index contributed by atoms with van der Waals surface area (Å²) in [6.45, 7) is 4.24. The summed E-state index contributed by atoms with van der Waals surface area (Å²) in [6.07, 6.45) is 0. The Bertz CT molecular complexity index is 621. The van der Waals surface area contributed by atoms with Gasteiger partial charge >= 0.3 is 0 Å². The summed E-state index contributed by atoms with van der Waals surface area (Å²) in [5, 5.41) is 6.67. The monoisotopic (exact) mass is 262 g/mol. The number of anilines is 2. The topological polar surface area (TPSA) is 72.9 Å². The van der Waals surface area contributed by atoms with Crippen LogP contribution in [-0.4, -0.2) is 15.7 Å². The van der Waals surface area contributed by atoms with E-state index in [1.165, 1.54) is 18.2 Å². The molecule has 1 amide bonds. The van der Waals surface area contributed by atoms with E-state index in [-0.39, 0.29) is 5.69 Å². The molecule has 0 saturated carbocycles. The van der Waals surface area contributed by atoms with Gasteiger partial charge in [-0.1, -0.05) is 0 Å². The first-order valence-electron chi connectivity index (χ1n) is 5.92. The molecule has 0 aliphatic heterocycles. The number of aromatic nitrogens is 2. The molecule has 100 valence electrons. The Morgan fingerprint density at radius 1 is 1.47 bits per heavy atom. The minimum atomic E-state index is -0.526. The predicted molar refractivity (Wildman–Crippen MR) is 71.4 cm³/mol. The minimum absolute atomic E-state index is 0.0616. The number of nitrogens with one attached hydrogen (secondary N) is 1. The molecule has 0 unspecified atom stereocenters. The summed E-state index contributed by atoms with van der Waals surface area (Å²) in [7, 11) is 0.